The van der Waals surface area contributed by atoms with Crippen LogP contribution in [-0.2, 0) is 6.42 Å². The van der Waals surface area contributed by atoms with E-state index in [0.717, 1.165) is 28.0 Å². The summed E-state index contributed by atoms with van der Waals surface area (Å²) in [6.45, 7) is 0. The zero-order valence-corrected chi connectivity index (χ0v) is 13.8. The highest BCUT2D eigenvalue weighted by atomic mass is 35.5. The lowest BCUT2D eigenvalue weighted by Crippen LogP contribution is -2.10. The van der Waals surface area contributed by atoms with Crippen LogP contribution in [0.1, 0.15) is 31.1 Å². The van der Waals surface area contributed by atoms with E-state index in [4.69, 9.17) is 28.2 Å². The van der Waals surface area contributed by atoms with E-state index in [1.807, 2.05) is 23.9 Å². The lowest BCUT2D eigenvalue weighted by Gasteiger charge is -2.16. The van der Waals surface area contributed by atoms with Gasteiger partial charge in [-0.1, -0.05) is 11.6 Å². The molecule has 0 aliphatic heterocycles. The van der Waals surface area contributed by atoms with Gasteiger partial charge >= 0.3 is 0 Å². The third-order valence-electron chi connectivity index (χ3n) is 4.10. The van der Waals surface area contributed by atoms with Gasteiger partial charge in [0.1, 0.15) is 5.82 Å². The summed E-state index contributed by atoms with van der Waals surface area (Å²) in [6, 6.07) is 6.55. The highest BCUT2D eigenvalue weighted by Gasteiger charge is 2.28. The summed E-state index contributed by atoms with van der Waals surface area (Å²) in [4.78, 5) is 4.75. The molecule has 20 heavy (non-hydrogen) atoms. The second kappa shape index (κ2) is 6.17. The predicted octanol–water partition coefficient (Wildman–Crippen LogP) is 4.93. The van der Waals surface area contributed by atoms with E-state index >= 15 is 0 Å². The molecule has 0 amide bonds. The van der Waals surface area contributed by atoms with Crippen LogP contribution in [0.3, 0.4) is 0 Å². The van der Waals surface area contributed by atoms with E-state index in [-0.39, 0.29) is 0 Å². The van der Waals surface area contributed by atoms with Gasteiger partial charge in [0.15, 0.2) is 0 Å². The number of nitrogens with zero attached hydrogens (tertiary/aromatic N) is 2. The van der Waals surface area contributed by atoms with Crippen molar-refractivity contribution in [3.05, 3.63) is 29.0 Å². The molecule has 2 aromatic rings. The molecule has 0 N–H and O–H groups in total. The molecule has 1 saturated carbocycles. The summed E-state index contributed by atoms with van der Waals surface area (Å²) in [7, 11) is 0. The molecule has 5 heteroatoms. The minimum Gasteiger partial charge on any atom is -0.325 e. The molecule has 0 radical (unpaired) electrons. The maximum absolute atomic E-state index is 6.08. The molecule has 2 atom stereocenters. The zero-order chi connectivity index (χ0) is 14.1. The smallest absolute Gasteiger partial charge is 0.111 e. The van der Waals surface area contributed by atoms with Crippen molar-refractivity contribution in [3.8, 4) is 0 Å². The van der Waals surface area contributed by atoms with Gasteiger partial charge in [-0.05, 0) is 43.7 Å². The minimum absolute atomic E-state index is 0.553. The first-order chi connectivity index (χ1) is 9.72. The molecule has 108 valence electrons. The summed E-state index contributed by atoms with van der Waals surface area (Å²) >= 11 is 14.0. The van der Waals surface area contributed by atoms with Gasteiger partial charge in [-0.25, -0.2) is 4.98 Å². The zero-order valence-electron chi connectivity index (χ0n) is 11.5. The van der Waals surface area contributed by atoms with E-state index in [1.165, 1.54) is 24.8 Å². The number of imidazole rings is 1. The topological polar surface area (TPSA) is 17.8 Å². The Morgan fingerprint density at radius 2 is 2.25 bits per heavy atom. The number of fused-ring (bicyclic) bond motifs is 1. The summed E-state index contributed by atoms with van der Waals surface area (Å²) in [6.07, 6.45) is 6.77. The highest BCUT2D eigenvalue weighted by molar-refractivity contribution is 7.99. The Labute approximate surface area is 133 Å². The fraction of sp³-hybridized carbons (Fsp3) is 0.533. The van der Waals surface area contributed by atoms with Gasteiger partial charge < -0.3 is 4.57 Å². The Morgan fingerprint density at radius 1 is 1.40 bits per heavy atom. The van der Waals surface area contributed by atoms with Crippen LogP contribution in [-0.4, -0.2) is 26.9 Å². The Kier molecular flexibility index (Phi) is 4.49. The summed E-state index contributed by atoms with van der Waals surface area (Å²) in [5.74, 6) is 1.71. The Morgan fingerprint density at radius 3 is 2.95 bits per heavy atom. The largest absolute Gasteiger partial charge is 0.325 e. The van der Waals surface area contributed by atoms with Gasteiger partial charge in [-0.2, -0.15) is 11.8 Å². The van der Waals surface area contributed by atoms with Gasteiger partial charge in [0, 0.05) is 28.6 Å². The lowest BCUT2D eigenvalue weighted by molar-refractivity contribution is 0.514. The van der Waals surface area contributed by atoms with Crippen LogP contribution < -0.4 is 0 Å². The number of rotatable bonds is 4. The molecule has 1 aromatic carbocycles. The molecule has 2 unspecified atom stereocenters. The first-order valence-electron chi connectivity index (χ1n) is 6.98. The van der Waals surface area contributed by atoms with Gasteiger partial charge in [-0.3, -0.25) is 0 Å². The Hall–Kier alpha value is -0.380. The van der Waals surface area contributed by atoms with Crippen LogP contribution in [0.5, 0.6) is 0 Å². The molecular weight excluding hydrogens is 311 g/mol. The van der Waals surface area contributed by atoms with Crippen molar-refractivity contribution in [1.82, 2.24) is 9.55 Å². The second-order valence-electron chi connectivity index (χ2n) is 5.29. The number of halogens is 2. The van der Waals surface area contributed by atoms with Crippen LogP contribution >= 0.6 is 35.0 Å². The summed E-state index contributed by atoms with van der Waals surface area (Å²) in [5.41, 5.74) is 2.19. The molecular formula is C15H18Cl2N2S. The van der Waals surface area contributed by atoms with Crippen molar-refractivity contribution in [2.45, 2.75) is 37.0 Å². The third kappa shape index (κ3) is 2.68. The normalized spacial score (nSPS) is 22.8. The number of aryl methyl sites for hydroxylation is 1. The Bertz CT molecular complexity index is 611. The number of thioether (sulfide) groups is 1. The van der Waals surface area contributed by atoms with E-state index < -0.39 is 0 Å². The molecule has 1 fully saturated rings. The maximum atomic E-state index is 6.08. The summed E-state index contributed by atoms with van der Waals surface area (Å²) in [5, 5.41) is 1.52. The molecule has 0 bridgehead atoms. The van der Waals surface area contributed by atoms with E-state index in [1.54, 1.807) is 0 Å². The predicted molar refractivity (Wildman–Crippen MR) is 89.4 cm³/mol. The molecule has 3 rings (SSSR count). The van der Waals surface area contributed by atoms with Gasteiger partial charge in [0.25, 0.3) is 0 Å². The van der Waals surface area contributed by atoms with E-state index in [0.29, 0.717) is 11.9 Å². The fourth-order valence-electron chi connectivity index (χ4n) is 3.16. The second-order valence-corrected chi connectivity index (χ2v) is 7.25. The summed E-state index contributed by atoms with van der Waals surface area (Å²) < 4.78 is 2.41. The van der Waals surface area contributed by atoms with Crippen LogP contribution in [0.2, 0.25) is 5.02 Å². The maximum Gasteiger partial charge on any atom is 0.111 e. The van der Waals surface area contributed by atoms with Gasteiger partial charge in [0.2, 0.25) is 0 Å². The molecule has 1 aliphatic rings. The number of hydrogen-bond donors (Lipinski definition) is 0. The number of benzene rings is 1. The first kappa shape index (κ1) is 14.6. The molecule has 1 heterocycles. The van der Waals surface area contributed by atoms with Crippen LogP contribution in [0, 0.1) is 0 Å². The first-order valence-corrected chi connectivity index (χ1v) is 9.18. The fourth-order valence-corrected chi connectivity index (χ4v) is 4.28. The SMILES string of the molecule is CSC1CCC(n2c(CCCl)nc3cc(Cl)ccc32)C1. The number of hydrogen-bond acceptors (Lipinski definition) is 2. The monoisotopic (exact) mass is 328 g/mol. The van der Waals surface area contributed by atoms with Crippen molar-refractivity contribution in [1.29, 1.82) is 0 Å². The van der Waals surface area contributed by atoms with Crippen molar-refractivity contribution >= 4 is 46.0 Å². The average Bonchev–Trinajstić information content (AvgIpc) is 3.02. The van der Waals surface area contributed by atoms with Crippen LogP contribution in [0.25, 0.3) is 11.0 Å². The number of aromatic nitrogens is 2. The van der Waals surface area contributed by atoms with Crippen molar-refractivity contribution in [2.24, 2.45) is 0 Å². The Balaban J connectivity index is 2.05. The minimum atomic E-state index is 0.553. The number of alkyl halides is 1. The molecule has 0 saturated heterocycles. The molecule has 2 nitrogen and oxygen atoms in total. The molecule has 1 aromatic heterocycles. The quantitative estimate of drug-likeness (QED) is 0.740. The van der Waals surface area contributed by atoms with Crippen LogP contribution in [0.4, 0.5) is 0 Å². The lowest BCUT2D eigenvalue weighted by atomic mass is 10.2. The highest BCUT2D eigenvalue weighted by Crippen LogP contribution is 2.38. The molecule has 0 spiro atoms. The van der Waals surface area contributed by atoms with E-state index in [2.05, 4.69) is 16.9 Å². The van der Waals surface area contributed by atoms with Crippen molar-refractivity contribution in [3.63, 3.8) is 0 Å². The van der Waals surface area contributed by atoms with Gasteiger partial charge in [0.05, 0.1) is 11.0 Å². The standard InChI is InChI=1S/C15H18Cl2N2S/c1-20-12-4-3-11(9-12)19-14-5-2-10(17)8-13(14)18-15(19)6-7-16/h2,5,8,11-12H,3-4,6-7,9H2,1H3. The van der Waals surface area contributed by atoms with Crippen molar-refractivity contribution < 1.29 is 0 Å². The average molecular weight is 329 g/mol. The van der Waals surface area contributed by atoms with Gasteiger partial charge in [-0.15, -0.1) is 11.6 Å². The van der Waals surface area contributed by atoms with E-state index in [9.17, 15) is 0 Å². The molecule has 1 aliphatic carbocycles. The van der Waals surface area contributed by atoms with Crippen molar-refractivity contribution in [2.75, 3.05) is 12.1 Å². The van der Waals surface area contributed by atoms with Crippen LogP contribution in [0.15, 0.2) is 18.2 Å². The third-order valence-corrected chi connectivity index (χ3v) is 5.62.